The van der Waals surface area contributed by atoms with Gasteiger partial charge in [0.15, 0.2) is 11.8 Å². The largest absolute Gasteiger partial charge is 0.394 e. The van der Waals surface area contributed by atoms with Crippen molar-refractivity contribution in [3.63, 3.8) is 0 Å². The first-order valence-corrected chi connectivity index (χ1v) is 5.66. The number of carbonyl (C=O) groups is 1. The predicted molar refractivity (Wildman–Crippen MR) is 63.3 cm³/mol. The number of nitrogens with two attached hydrogens (primary N) is 1. The summed E-state index contributed by atoms with van der Waals surface area (Å²) < 4.78 is 5.41. The molecule has 2 heterocycles. The summed E-state index contributed by atoms with van der Waals surface area (Å²) >= 11 is 0. The number of hydrogen-bond donors (Lipinski definition) is 6. The number of amides is 1. The highest BCUT2D eigenvalue weighted by atomic mass is 16.5. The Morgan fingerprint density at radius 2 is 2.47 bits per heavy atom. The minimum atomic E-state index is -0.757. The number of aromatic nitrogens is 2. The van der Waals surface area contributed by atoms with E-state index < -0.39 is 30.2 Å². The molecule has 0 aromatic carbocycles. The van der Waals surface area contributed by atoms with Gasteiger partial charge >= 0.3 is 0 Å². The Balaban J connectivity index is 2.05. The highest BCUT2D eigenvalue weighted by molar-refractivity contribution is 6.02. The number of aliphatic hydroxyl groups excluding tert-OH is 2. The van der Waals surface area contributed by atoms with Gasteiger partial charge in [0, 0.05) is 6.42 Å². The van der Waals surface area contributed by atoms with E-state index in [1.54, 1.807) is 0 Å². The van der Waals surface area contributed by atoms with E-state index in [9.17, 15) is 9.90 Å². The summed E-state index contributed by atoms with van der Waals surface area (Å²) in [5.41, 5.74) is 5.56. The third kappa shape index (κ3) is 2.89. The molecule has 19 heavy (non-hydrogen) atoms. The van der Waals surface area contributed by atoms with Crippen LogP contribution < -0.4 is 11.1 Å². The van der Waals surface area contributed by atoms with Crippen molar-refractivity contribution >= 4 is 11.9 Å². The molecule has 9 heteroatoms. The van der Waals surface area contributed by atoms with Crippen molar-refractivity contribution in [2.75, 3.05) is 6.61 Å². The normalized spacial score (nSPS) is 26.3. The van der Waals surface area contributed by atoms with E-state index in [2.05, 4.69) is 15.3 Å². The van der Waals surface area contributed by atoms with E-state index in [4.69, 9.17) is 21.0 Å². The molecule has 0 bridgehead atoms. The topological polar surface area (TPSA) is 157 Å². The standard InChI is InChI=1S/C10H15N5O4/c11-10(12)15-9(18)8-13-2-4(14-8)6-1-5(17)7(3-16)19-6/h2,5-7,16-17H,1,3H2,(H,13,14)(H4,11,12,15,18)/t5-,6+,7+/m0/s1. The zero-order valence-electron chi connectivity index (χ0n) is 9.96. The Labute approximate surface area is 108 Å². The van der Waals surface area contributed by atoms with Crippen LogP contribution in [-0.2, 0) is 4.74 Å². The van der Waals surface area contributed by atoms with Crippen LogP contribution in [0.3, 0.4) is 0 Å². The fraction of sp³-hybridized carbons (Fsp3) is 0.500. The Hall–Kier alpha value is -1.97. The number of nitrogens with zero attached hydrogens (tertiary/aromatic N) is 1. The van der Waals surface area contributed by atoms with Crippen LogP contribution in [0.2, 0.25) is 0 Å². The van der Waals surface area contributed by atoms with E-state index in [0.29, 0.717) is 12.1 Å². The van der Waals surface area contributed by atoms with Crippen molar-refractivity contribution in [3.05, 3.63) is 17.7 Å². The molecule has 1 saturated heterocycles. The predicted octanol–water partition coefficient (Wildman–Crippen LogP) is -1.78. The maximum absolute atomic E-state index is 11.5. The summed E-state index contributed by atoms with van der Waals surface area (Å²) in [5, 5.41) is 27.6. The van der Waals surface area contributed by atoms with Gasteiger partial charge in [0.1, 0.15) is 12.2 Å². The van der Waals surface area contributed by atoms with Gasteiger partial charge in [-0.25, -0.2) is 4.98 Å². The molecule has 1 amide bonds. The molecule has 1 aliphatic rings. The molecule has 0 spiro atoms. The number of ether oxygens (including phenoxy) is 1. The maximum Gasteiger partial charge on any atom is 0.293 e. The fourth-order valence-electron chi connectivity index (χ4n) is 1.89. The van der Waals surface area contributed by atoms with Crippen molar-refractivity contribution in [3.8, 4) is 0 Å². The van der Waals surface area contributed by atoms with E-state index in [1.807, 2.05) is 0 Å². The molecular formula is C10H15N5O4. The number of imidazole rings is 1. The highest BCUT2D eigenvalue weighted by Crippen LogP contribution is 2.31. The molecule has 0 radical (unpaired) electrons. The summed E-state index contributed by atoms with van der Waals surface area (Å²) in [4.78, 5) is 18.1. The van der Waals surface area contributed by atoms with Crippen molar-refractivity contribution in [1.29, 1.82) is 5.41 Å². The summed E-state index contributed by atoms with van der Waals surface area (Å²) in [6, 6.07) is 0. The maximum atomic E-state index is 11.5. The molecule has 0 aliphatic carbocycles. The van der Waals surface area contributed by atoms with Crippen LogP contribution in [0.5, 0.6) is 0 Å². The third-order valence-corrected chi connectivity index (χ3v) is 2.81. The van der Waals surface area contributed by atoms with Crippen molar-refractivity contribution in [2.24, 2.45) is 5.73 Å². The second-order valence-electron chi connectivity index (χ2n) is 4.20. The van der Waals surface area contributed by atoms with Gasteiger partial charge in [-0.2, -0.15) is 0 Å². The van der Waals surface area contributed by atoms with Crippen molar-refractivity contribution in [2.45, 2.75) is 24.7 Å². The molecule has 1 fully saturated rings. The fourth-order valence-corrected chi connectivity index (χ4v) is 1.89. The molecule has 7 N–H and O–H groups in total. The van der Waals surface area contributed by atoms with Crippen LogP contribution >= 0.6 is 0 Å². The van der Waals surface area contributed by atoms with Crippen LogP contribution in [0.4, 0.5) is 0 Å². The summed E-state index contributed by atoms with van der Waals surface area (Å²) in [7, 11) is 0. The number of rotatable bonds is 3. The Morgan fingerprint density at radius 1 is 1.74 bits per heavy atom. The first kappa shape index (κ1) is 13.5. The first-order valence-electron chi connectivity index (χ1n) is 5.66. The summed E-state index contributed by atoms with van der Waals surface area (Å²) in [6.07, 6.45) is -0.137. The van der Waals surface area contributed by atoms with Crippen LogP contribution in [0.25, 0.3) is 0 Å². The van der Waals surface area contributed by atoms with E-state index in [0.717, 1.165) is 0 Å². The second-order valence-corrected chi connectivity index (χ2v) is 4.20. The summed E-state index contributed by atoms with van der Waals surface area (Å²) in [5.74, 6) is -1.11. The van der Waals surface area contributed by atoms with Crippen LogP contribution in [0.1, 0.15) is 28.8 Å². The lowest BCUT2D eigenvalue weighted by atomic mass is 10.1. The van der Waals surface area contributed by atoms with Crippen LogP contribution in [0, 0.1) is 5.41 Å². The minimum Gasteiger partial charge on any atom is -0.394 e. The Morgan fingerprint density at radius 3 is 3.05 bits per heavy atom. The van der Waals surface area contributed by atoms with Crippen molar-refractivity contribution in [1.82, 2.24) is 15.3 Å². The van der Waals surface area contributed by atoms with Crippen LogP contribution in [0.15, 0.2) is 6.20 Å². The van der Waals surface area contributed by atoms with Crippen molar-refractivity contribution < 1.29 is 19.7 Å². The Bertz CT molecular complexity index is 488. The second kappa shape index (κ2) is 5.34. The number of aromatic amines is 1. The smallest absolute Gasteiger partial charge is 0.293 e. The highest BCUT2D eigenvalue weighted by Gasteiger charge is 2.35. The zero-order valence-corrected chi connectivity index (χ0v) is 9.96. The van der Waals surface area contributed by atoms with Gasteiger partial charge in [0.25, 0.3) is 5.91 Å². The number of carbonyl (C=O) groups excluding carboxylic acids is 1. The quantitative estimate of drug-likeness (QED) is 0.281. The molecule has 9 nitrogen and oxygen atoms in total. The van der Waals surface area contributed by atoms with Gasteiger partial charge in [-0.15, -0.1) is 0 Å². The number of nitrogens with one attached hydrogen (secondary N) is 3. The third-order valence-electron chi connectivity index (χ3n) is 2.81. The first-order chi connectivity index (χ1) is 9.01. The van der Waals surface area contributed by atoms with E-state index in [-0.39, 0.29) is 12.4 Å². The Kier molecular flexibility index (Phi) is 3.79. The lowest BCUT2D eigenvalue weighted by Gasteiger charge is -2.10. The number of hydrogen-bond acceptors (Lipinski definition) is 6. The molecule has 104 valence electrons. The number of H-pyrrole nitrogens is 1. The zero-order chi connectivity index (χ0) is 14.0. The van der Waals surface area contributed by atoms with Crippen LogP contribution in [-0.4, -0.2) is 50.9 Å². The van der Waals surface area contributed by atoms with E-state index >= 15 is 0 Å². The molecule has 2 rings (SSSR count). The number of guanidine groups is 1. The van der Waals surface area contributed by atoms with Gasteiger partial charge in [0.2, 0.25) is 0 Å². The SMILES string of the molecule is N=C(N)NC(=O)c1ncc([C@H]2C[C@H](O)[C@@H](CO)O2)[nH]1. The molecule has 3 atom stereocenters. The van der Waals surface area contributed by atoms with Gasteiger partial charge in [-0.1, -0.05) is 0 Å². The average molecular weight is 269 g/mol. The summed E-state index contributed by atoms with van der Waals surface area (Å²) in [6.45, 7) is -0.274. The van der Waals surface area contributed by atoms with E-state index in [1.165, 1.54) is 6.20 Å². The van der Waals surface area contributed by atoms with Gasteiger partial charge in [-0.05, 0) is 0 Å². The molecular weight excluding hydrogens is 254 g/mol. The lowest BCUT2D eigenvalue weighted by Crippen LogP contribution is -2.36. The van der Waals surface area contributed by atoms with Gasteiger partial charge < -0.3 is 25.7 Å². The lowest BCUT2D eigenvalue weighted by molar-refractivity contribution is -0.0235. The molecule has 1 aromatic rings. The van der Waals surface area contributed by atoms with Gasteiger partial charge in [0.05, 0.1) is 24.6 Å². The molecule has 1 aliphatic heterocycles. The molecule has 0 unspecified atom stereocenters. The molecule has 1 aromatic heterocycles. The number of aliphatic hydroxyl groups is 2. The van der Waals surface area contributed by atoms with Gasteiger partial charge in [-0.3, -0.25) is 15.5 Å². The molecule has 0 saturated carbocycles. The minimum absolute atomic E-state index is 0.00395. The average Bonchev–Trinajstić information content (AvgIpc) is 2.93. The monoisotopic (exact) mass is 269 g/mol.